The van der Waals surface area contributed by atoms with Gasteiger partial charge in [0.2, 0.25) is 0 Å². The average Bonchev–Trinajstić information content (AvgIpc) is 2.91. The Labute approximate surface area is 128 Å². The molecule has 1 heterocycles. The lowest BCUT2D eigenvalue weighted by molar-refractivity contribution is 0.618. The quantitative estimate of drug-likeness (QED) is 0.723. The Morgan fingerprint density at radius 3 is 2.71 bits per heavy atom. The van der Waals surface area contributed by atoms with Crippen molar-refractivity contribution in [2.24, 2.45) is 0 Å². The first kappa shape index (κ1) is 13.7. The fourth-order valence-electron chi connectivity index (χ4n) is 2.08. The summed E-state index contributed by atoms with van der Waals surface area (Å²) < 4.78 is 15.6. The van der Waals surface area contributed by atoms with Gasteiger partial charge in [0.1, 0.15) is 5.82 Å². The largest absolute Gasteiger partial charge is 0.399 e. The average molecular weight is 348 g/mol. The molecule has 0 aliphatic rings. The Hall–Kier alpha value is -2.28. The molecule has 0 unspecified atom stereocenters. The molecule has 0 atom stereocenters. The molecule has 0 saturated heterocycles. The van der Waals surface area contributed by atoms with E-state index in [9.17, 15) is 4.39 Å². The highest BCUT2D eigenvalue weighted by Gasteiger charge is 2.14. The van der Waals surface area contributed by atoms with E-state index >= 15 is 0 Å². The molecule has 0 spiro atoms. The van der Waals surface area contributed by atoms with Crippen molar-refractivity contribution in [3.05, 3.63) is 52.3 Å². The topological polar surface area (TPSA) is 69.6 Å². The van der Waals surface area contributed by atoms with Crippen LogP contribution < -0.4 is 5.73 Å². The molecule has 2 N–H and O–H groups in total. The molecule has 7 heteroatoms. The van der Waals surface area contributed by atoms with Crippen molar-refractivity contribution in [3.63, 3.8) is 0 Å². The number of hydrogen-bond acceptors (Lipinski definition) is 4. The summed E-state index contributed by atoms with van der Waals surface area (Å²) in [6.45, 7) is 1.92. The van der Waals surface area contributed by atoms with Crippen LogP contribution in [0.15, 0.2) is 40.9 Å². The SMILES string of the molecule is Cc1cc(N)ccc1-c1nnnn1-c1ccc(Br)c(F)c1. The molecule has 0 amide bonds. The highest BCUT2D eigenvalue weighted by atomic mass is 79.9. The van der Waals surface area contributed by atoms with Crippen molar-refractivity contribution in [1.29, 1.82) is 0 Å². The number of halogens is 2. The van der Waals surface area contributed by atoms with E-state index in [0.717, 1.165) is 11.1 Å². The van der Waals surface area contributed by atoms with Crippen LogP contribution in [0.5, 0.6) is 0 Å². The van der Waals surface area contributed by atoms with Crippen LogP contribution in [0.2, 0.25) is 0 Å². The zero-order valence-electron chi connectivity index (χ0n) is 11.1. The first-order valence-corrected chi connectivity index (χ1v) is 6.96. The molecule has 3 aromatic rings. The minimum Gasteiger partial charge on any atom is -0.399 e. The minimum atomic E-state index is -0.372. The van der Waals surface area contributed by atoms with Crippen molar-refractivity contribution < 1.29 is 4.39 Å². The second-order valence-electron chi connectivity index (χ2n) is 4.59. The first-order valence-electron chi connectivity index (χ1n) is 6.16. The van der Waals surface area contributed by atoms with E-state index in [2.05, 4.69) is 31.5 Å². The Morgan fingerprint density at radius 1 is 1.19 bits per heavy atom. The summed E-state index contributed by atoms with van der Waals surface area (Å²) in [5, 5.41) is 11.7. The fraction of sp³-hybridized carbons (Fsp3) is 0.0714. The van der Waals surface area contributed by atoms with Gasteiger partial charge in [-0.3, -0.25) is 0 Å². The van der Waals surface area contributed by atoms with Gasteiger partial charge in [-0.25, -0.2) is 4.39 Å². The van der Waals surface area contributed by atoms with Crippen LogP contribution in [0.4, 0.5) is 10.1 Å². The third-order valence-electron chi connectivity index (χ3n) is 3.11. The van der Waals surface area contributed by atoms with E-state index in [4.69, 9.17) is 5.73 Å². The van der Waals surface area contributed by atoms with Gasteiger partial charge in [0.05, 0.1) is 10.2 Å². The molecule has 5 nitrogen and oxygen atoms in total. The summed E-state index contributed by atoms with van der Waals surface area (Å²) in [4.78, 5) is 0. The number of nitrogen functional groups attached to an aromatic ring is 1. The molecule has 106 valence electrons. The van der Waals surface area contributed by atoms with Gasteiger partial charge in [-0.05, 0) is 69.2 Å². The molecule has 0 radical (unpaired) electrons. The zero-order valence-corrected chi connectivity index (χ0v) is 12.7. The monoisotopic (exact) mass is 347 g/mol. The Kier molecular flexibility index (Phi) is 3.42. The smallest absolute Gasteiger partial charge is 0.187 e. The van der Waals surface area contributed by atoms with Crippen molar-refractivity contribution in [2.45, 2.75) is 6.92 Å². The van der Waals surface area contributed by atoms with E-state index in [1.54, 1.807) is 18.2 Å². The lowest BCUT2D eigenvalue weighted by Crippen LogP contribution is -2.01. The number of aromatic nitrogens is 4. The van der Waals surface area contributed by atoms with E-state index in [1.165, 1.54) is 10.7 Å². The molecular formula is C14H11BrFN5. The summed E-state index contributed by atoms with van der Waals surface area (Å²) in [7, 11) is 0. The van der Waals surface area contributed by atoms with Gasteiger partial charge >= 0.3 is 0 Å². The Balaban J connectivity index is 2.14. The third-order valence-corrected chi connectivity index (χ3v) is 3.75. The van der Waals surface area contributed by atoms with E-state index < -0.39 is 0 Å². The van der Waals surface area contributed by atoms with Crippen LogP contribution in [-0.4, -0.2) is 20.2 Å². The molecule has 1 aromatic heterocycles. The summed E-state index contributed by atoms with van der Waals surface area (Å²) in [6.07, 6.45) is 0. The van der Waals surface area contributed by atoms with E-state index in [-0.39, 0.29) is 5.82 Å². The Bertz CT molecular complexity index is 815. The summed E-state index contributed by atoms with van der Waals surface area (Å²) >= 11 is 3.13. The van der Waals surface area contributed by atoms with Crippen molar-refractivity contribution >= 4 is 21.6 Å². The predicted octanol–water partition coefficient (Wildman–Crippen LogP) is 3.12. The van der Waals surface area contributed by atoms with Crippen molar-refractivity contribution in [1.82, 2.24) is 20.2 Å². The van der Waals surface area contributed by atoms with Gasteiger partial charge in [-0.2, -0.15) is 4.68 Å². The van der Waals surface area contributed by atoms with Crippen molar-refractivity contribution in [2.75, 3.05) is 5.73 Å². The summed E-state index contributed by atoms with van der Waals surface area (Å²) in [5.74, 6) is 0.164. The van der Waals surface area contributed by atoms with Crippen LogP contribution in [0, 0.1) is 12.7 Å². The number of hydrogen-bond donors (Lipinski definition) is 1. The molecule has 2 aromatic carbocycles. The summed E-state index contributed by atoms with van der Waals surface area (Å²) in [6, 6.07) is 10.2. The fourth-order valence-corrected chi connectivity index (χ4v) is 2.33. The van der Waals surface area contributed by atoms with E-state index in [0.29, 0.717) is 21.7 Å². The normalized spacial score (nSPS) is 10.8. The number of rotatable bonds is 2. The number of nitrogens with two attached hydrogens (primary N) is 1. The molecule has 0 fully saturated rings. The lowest BCUT2D eigenvalue weighted by atomic mass is 10.1. The van der Waals surface area contributed by atoms with Gasteiger partial charge in [-0.15, -0.1) is 5.10 Å². The lowest BCUT2D eigenvalue weighted by Gasteiger charge is -2.08. The zero-order chi connectivity index (χ0) is 15.0. The third kappa shape index (κ3) is 2.52. The number of benzene rings is 2. The van der Waals surface area contributed by atoms with Crippen molar-refractivity contribution in [3.8, 4) is 17.1 Å². The molecule has 21 heavy (non-hydrogen) atoms. The van der Waals surface area contributed by atoms with Crippen LogP contribution in [0.3, 0.4) is 0 Å². The predicted molar refractivity (Wildman–Crippen MR) is 81.4 cm³/mol. The molecule has 0 aliphatic heterocycles. The molecular weight excluding hydrogens is 337 g/mol. The van der Waals surface area contributed by atoms with E-state index in [1.807, 2.05) is 19.1 Å². The van der Waals surface area contributed by atoms with Crippen LogP contribution >= 0.6 is 15.9 Å². The van der Waals surface area contributed by atoms with Crippen LogP contribution in [0.1, 0.15) is 5.56 Å². The molecule has 3 rings (SSSR count). The highest BCUT2D eigenvalue weighted by molar-refractivity contribution is 9.10. The molecule has 0 saturated carbocycles. The second-order valence-corrected chi connectivity index (χ2v) is 5.44. The minimum absolute atomic E-state index is 0.372. The van der Waals surface area contributed by atoms with Gasteiger partial charge < -0.3 is 5.73 Å². The van der Waals surface area contributed by atoms with Gasteiger partial charge in [-0.1, -0.05) is 0 Å². The Morgan fingerprint density at radius 2 is 2.00 bits per heavy atom. The van der Waals surface area contributed by atoms with Gasteiger partial charge in [0.15, 0.2) is 5.82 Å². The van der Waals surface area contributed by atoms with Crippen LogP contribution in [-0.2, 0) is 0 Å². The van der Waals surface area contributed by atoms with Gasteiger partial charge in [0.25, 0.3) is 0 Å². The summed E-state index contributed by atoms with van der Waals surface area (Å²) in [5.41, 5.74) is 8.77. The molecule has 0 aliphatic carbocycles. The number of anilines is 1. The maximum Gasteiger partial charge on any atom is 0.187 e. The maximum atomic E-state index is 13.7. The first-order chi connectivity index (χ1) is 10.1. The molecule has 0 bridgehead atoms. The van der Waals surface area contributed by atoms with Crippen LogP contribution in [0.25, 0.3) is 17.1 Å². The highest BCUT2D eigenvalue weighted by Crippen LogP contribution is 2.26. The number of aryl methyl sites for hydroxylation is 1. The number of nitrogens with zero attached hydrogens (tertiary/aromatic N) is 4. The second kappa shape index (κ2) is 5.25. The van der Waals surface area contributed by atoms with Gasteiger partial charge in [0, 0.05) is 17.3 Å². The number of tetrazole rings is 1. The maximum absolute atomic E-state index is 13.7. The standard InChI is InChI=1S/C14H11BrFN5/c1-8-6-9(17)2-4-11(8)14-18-19-20-21(14)10-3-5-12(15)13(16)7-10/h2-7H,17H2,1H3.